The second-order valence-corrected chi connectivity index (χ2v) is 5.88. The van der Waals surface area contributed by atoms with E-state index in [1.165, 1.54) is 0 Å². The van der Waals surface area contributed by atoms with E-state index in [0.717, 1.165) is 11.1 Å². The molecule has 0 heterocycles. The average molecular weight is 359 g/mol. The first kappa shape index (κ1) is 19.1. The van der Waals surface area contributed by atoms with E-state index >= 15 is 0 Å². The van der Waals surface area contributed by atoms with Gasteiger partial charge in [0.2, 0.25) is 8.60 Å². The van der Waals surface area contributed by atoms with E-state index in [-0.39, 0.29) is 5.97 Å². The number of rotatable bonds is 9. The second-order valence-electron chi connectivity index (χ2n) is 5.30. The van der Waals surface area contributed by atoms with Crippen molar-refractivity contribution in [1.82, 2.24) is 0 Å². The molecule has 5 nitrogen and oxygen atoms in total. The Bertz CT molecular complexity index is 691. The summed E-state index contributed by atoms with van der Waals surface area (Å²) in [6.07, 6.45) is 0. The quantitative estimate of drug-likeness (QED) is 0.478. The highest BCUT2D eigenvalue weighted by Gasteiger charge is 2.12. The maximum absolute atomic E-state index is 11.5. The Balaban J connectivity index is 1.88. The fourth-order valence-electron chi connectivity index (χ4n) is 2.01. The SMILES string of the molecule is CCOC(=O)[C@H](C)N=POc1ccccc1COCc1ccccc1. The number of hydrogen-bond donors (Lipinski definition) is 0. The van der Waals surface area contributed by atoms with E-state index in [4.69, 9.17) is 14.0 Å². The van der Waals surface area contributed by atoms with E-state index in [1.54, 1.807) is 13.8 Å². The Hall–Kier alpha value is -2.23. The van der Waals surface area contributed by atoms with Crippen molar-refractivity contribution in [2.45, 2.75) is 33.1 Å². The minimum absolute atomic E-state index is 0.345. The molecule has 0 bridgehead atoms. The van der Waals surface area contributed by atoms with Gasteiger partial charge in [0.05, 0.1) is 19.8 Å². The predicted molar refractivity (Wildman–Crippen MR) is 97.4 cm³/mol. The average Bonchev–Trinajstić information content (AvgIpc) is 2.64. The standard InChI is InChI=1S/C19H22NO4P/c1-3-23-19(21)15(2)20-25-24-18-12-8-7-11-17(18)14-22-13-16-9-5-4-6-10-16/h4-12,15H,3,13-14H2,1-2H3/t15-/m0/s1. The normalized spacial score (nSPS) is 12.1. The molecule has 0 amide bonds. The third-order valence-corrected chi connectivity index (χ3v) is 4.05. The topological polar surface area (TPSA) is 57.1 Å². The molecular weight excluding hydrogens is 337 g/mol. The zero-order chi connectivity index (χ0) is 17.9. The molecule has 2 aromatic rings. The minimum atomic E-state index is -0.553. The van der Waals surface area contributed by atoms with Crippen LogP contribution in [0.25, 0.3) is 0 Å². The zero-order valence-corrected chi connectivity index (χ0v) is 15.3. The van der Waals surface area contributed by atoms with Crippen LogP contribution in [0.4, 0.5) is 0 Å². The van der Waals surface area contributed by atoms with Gasteiger partial charge in [-0.2, -0.15) is 0 Å². The van der Waals surface area contributed by atoms with Crippen LogP contribution >= 0.6 is 8.60 Å². The number of esters is 1. The number of nitrogens with zero attached hydrogens (tertiary/aromatic N) is 1. The number of carbonyl (C=O) groups excluding carboxylic acids is 1. The van der Waals surface area contributed by atoms with E-state index in [2.05, 4.69) is 4.74 Å². The maximum Gasteiger partial charge on any atom is 0.331 e. The molecule has 2 rings (SSSR count). The largest absolute Gasteiger partial charge is 0.464 e. The molecule has 0 N–H and O–H groups in total. The van der Waals surface area contributed by atoms with Crippen molar-refractivity contribution in [2.75, 3.05) is 6.61 Å². The van der Waals surface area contributed by atoms with Crippen LogP contribution in [-0.4, -0.2) is 18.6 Å². The van der Waals surface area contributed by atoms with Gasteiger partial charge in [-0.25, -0.2) is 9.54 Å². The fraction of sp³-hybridized carbons (Fsp3) is 0.316. The summed E-state index contributed by atoms with van der Waals surface area (Å²) in [4.78, 5) is 11.5. The van der Waals surface area contributed by atoms with Gasteiger partial charge in [0.25, 0.3) is 0 Å². The van der Waals surface area contributed by atoms with Crippen molar-refractivity contribution < 1.29 is 18.8 Å². The highest BCUT2D eigenvalue weighted by atomic mass is 31.1. The second kappa shape index (κ2) is 10.6. The molecule has 0 spiro atoms. The molecular formula is C19H22NO4P. The monoisotopic (exact) mass is 359 g/mol. The van der Waals surface area contributed by atoms with E-state index in [1.807, 2.05) is 54.6 Å². The van der Waals surface area contributed by atoms with Gasteiger partial charge in [0.1, 0.15) is 5.75 Å². The Morgan fingerprint density at radius 1 is 1.08 bits per heavy atom. The fourth-order valence-corrected chi connectivity index (χ4v) is 2.56. The van der Waals surface area contributed by atoms with E-state index in [9.17, 15) is 4.79 Å². The van der Waals surface area contributed by atoms with Crippen LogP contribution in [0.2, 0.25) is 0 Å². The molecule has 0 aliphatic carbocycles. The molecule has 1 atom stereocenters. The van der Waals surface area contributed by atoms with Gasteiger partial charge in [-0.15, -0.1) is 0 Å². The van der Waals surface area contributed by atoms with Gasteiger partial charge in [-0.3, -0.25) is 0 Å². The Kier molecular flexibility index (Phi) is 8.10. The van der Waals surface area contributed by atoms with Crippen molar-refractivity contribution in [3.63, 3.8) is 0 Å². The molecule has 0 unspecified atom stereocenters. The summed E-state index contributed by atoms with van der Waals surface area (Å²) in [5.74, 6) is 0.343. The van der Waals surface area contributed by atoms with Gasteiger partial charge in [-0.05, 0) is 25.5 Å². The van der Waals surface area contributed by atoms with Gasteiger partial charge < -0.3 is 14.0 Å². The lowest BCUT2D eigenvalue weighted by Gasteiger charge is -2.09. The number of carbonyl (C=O) groups is 1. The summed E-state index contributed by atoms with van der Waals surface area (Å²) in [7, 11) is 0.356. The number of para-hydroxylation sites is 1. The lowest BCUT2D eigenvalue weighted by Crippen LogP contribution is -2.16. The van der Waals surface area contributed by atoms with Crippen LogP contribution in [0.1, 0.15) is 25.0 Å². The van der Waals surface area contributed by atoms with Crippen molar-refractivity contribution in [3.8, 4) is 5.75 Å². The lowest BCUT2D eigenvalue weighted by atomic mass is 10.2. The van der Waals surface area contributed by atoms with Crippen molar-refractivity contribution >= 4 is 14.6 Å². The van der Waals surface area contributed by atoms with Gasteiger partial charge in [0, 0.05) is 5.56 Å². The molecule has 132 valence electrons. The molecule has 0 aromatic heterocycles. The van der Waals surface area contributed by atoms with Gasteiger partial charge in [0.15, 0.2) is 6.04 Å². The zero-order valence-electron chi connectivity index (χ0n) is 14.4. The summed E-state index contributed by atoms with van der Waals surface area (Å²) >= 11 is 0. The maximum atomic E-state index is 11.5. The summed E-state index contributed by atoms with van der Waals surface area (Å²) in [6.45, 7) is 4.77. The van der Waals surface area contributed by atoms with Crippen LogP contribution < -0.4 is 4.52 Å². The molecule has 0 radical (unpaired) electrons. The lowest BCUT2D eigenvalue weighted by molar-refractivity contribution is -0.144. The van der Waals surface area contributed by atoms with Crippen LogP contribution in [-0.2, 0) is 27.5 Å². The van der Waals surface area contributed by atoms with Crippen molar-refractivity contribution in [3.05, 3.63) is 65.7 Å². The summed E-state index contributed by atoms with van der Waals surface area (Å²) in [5, 5.41) is 0. The smallest absolute Gasteiger partial charge is 0.331 e. The molecule has 25 heavy (non-hydrogen) atoms. The van der Waals surface area contributed by atoms with Crippen LogP contribution in [0.15, 0.2) is 59.3 Å². The molecule has 2 aromatic carbocycles. The first-order chi connectivity index (χ1) is 12.2. The molecule has 0 aliphatic rings. The van der Waals surface area contributed by atoms with Gasteiger partial charge >= 0.3 is 5.97 Å². The van der Waals surface area contributed by atoms with Crippen molar-refractivity contribution in [2.24, 2.45) is 4.74 Å². The predicted octanol–water partition coefficient (Wildman–Crippen LogP) is 4.78. The third kappa shape index (κ3) is 6.65. The summed E-state index contributed by atoms with van der Waals surface area (Å²) in [6, 6.07) is 17.1. The molecule has 0 fully saturated rings. The van der Waals surface area contributed by atoms with Crippen molar-refractivity contribution in [1.29, 1.82) is 0 Å². The van der Waals surface area contributed by atoms with E-state index < -0.39 is 6.04 Å². The first-order valence-corrected chi connectivity index (χ1v) is 8.90. The number of ether oxygens (including phenoxy) is 2. The Labute approximate surface area is 149 Å². The van der Waals surface area contributed by atoms with Gasteiger partial charge in [-0.1, -0.05) is 48.5 Å². The summed E-state index contributed by atoms with van der Waals surface area (Å²) < 4.78 is 20.5. The highest BCUT2D eigenvalue weighted by Crippen LogP contribution is 2.24. The first-order valence-electron chi connectivity index (χ1n) is 8.14. The van der Waals surface area contributed by atoms with Crippen LogP contribution in [0.5, 0.6) is 5.75 Å². The van der Waals surface area contributed by atoms with Crippen LogP contribution in [0, 0.1) is 0 Å². The molecule has 6 heteroatoms. The van der Waals surface area contributed by atoms with Crippen LogP contribution in [0.3, 0.4) is 0 Å². The number of hydrogen-bond acceptors (Lipinski definition) is 5. The van der Waals surface area contributed by atoms with E-state index in [0.29, 0.717) is 34.2 Å². The Morgan fingerprint density at radius 2 is 1.80 bits per heavy atom. The summed E-state index contributed by atoms with van der Waals surface area (Å²) in [5.41, 5.74) is 2.06. The Morgan fingerprint density at radius 3 is 2.56 bits per heavy atom. The molecule has 0 aliphatic heterocycles. The molecule has 0 saturated heterocycles. The number of benzene rings is 2. The third-order valence-electron chi connectivity index (χ3n) is 3.33. The minimum Gasteiger partial charge on any atom is -0.464 e. The highest BCUT2D eigenvalue weighted by molar-refractivity contribution is 7.21. The molecule has 0 saturated carbocycles.